The van der Waals surface area contributed by atoms with Gasteiger partial charge in [-0.2, -0.15) is 11.3 Å². The molecule has 2 rings (SSSR count). The number of nitrogens with zero attached hydrogens (tertiary/aromatic N) is 1. The summed E-state index contributed by atoms with van der Waals surface area (Å²) in [5.74, 6) is -0.182. The maximum atomic E-state index is 12.7. The second-order valence-corrected chi connectivity index (χ2v) is 7.89. The summed E-state index contributed by atoms with van der Waals surface area (Å²) in [4.78, 5) is 26.8. The molecule has 6 nitrogen and oxygen atoms in total. The summed E-state index contributed by atoms with van der Waals surface area (Å²) < 4.78 is 0. The van der Waals surface area contributed by atoms with Crippen LogP contribution < -0.4 is 10.6 Å². The van der Waals surface area contributed by atoms with Crippen molar-refractivity contribution in [2.75, 3.05) is 20.6 Å². The van der Waals surface area contributed by atoms with Gasteiger partial charge < -0.3 is 15.7 Å². The molecule has 2 amide bonds. The molecule has 0 radical (unpaired) electrons. The number of hydrogen-bond acceptors (Lipinski definition) is 5. The molecular weight excluding hydrogens is 374 g/mol. The van der Waals surface area contributed by atoms with Crippen molar-refractivity contribution < 1.29 is 14.7 Å². The van der Waals surface area contributed by atoms with Gasteiger partial charge in [0.05, 0.1) is 6.04 Å². The largest absolute Gasteiger partial charge is 0.508 e. The van der Waals surface area contributed by atoms with Crippen molar-refractivity contribution in [3.8, 4) is 5.75 Å². The van der Waals surface area contributed by atoms with Crippen LogP contribution >= 0.6 is 11.3 Å². The van der Waals surface area contributed by atoms with Gasteiger partial charge in [-0.25, -0.2) is 0 Å². The van der Waals surface area contributed by atoms with Crippen LogP contribution in [0.1, 0.15) is 24.5 Å². The van der Waals surface area contributed by atoms with Gasteiger partial charge in [0, 0.05) is 6.54 Å². The van der Waals surface area contributed by atoms with Crippen LogP contribution in [0.15, 0.2) is 41.1 Å². The first-order chi connectivity index (χ1) is 13.4. The fourth-order valence-electron chi connectivity index (χ4n) is 2.83. The lowest BCUT2D eigenvalue weighted by molar-refractivity contribution is -0.131. The van der Waals surface area contributed by atoms with Crippen LogP contribution in [0.4, 0.5) is 0 Å². The molecule has 0 fully saturated rings. The first-order valence-electron chi connectivity index (χ1n) is 9.40. The number of rotatable bonds is 10. The summed E-state index contributed by atoms with van der Waals surface area (Å²) in [7, 11) is 3.67. The first-order valence-corrected chi connectivity index (χ1v) is 10.3. The minimum absolute atomic E-state index is 0.180. The highest BCUT2D eigenvalue weighted by Gasteiger charge is 2.24. The van der Waals surface area contributed by atoms with Crippen LogP contribution in [0, 0.1) is 0 Å². The number of benzene rings is 1. The molecule has 1 aromatic heterocycles. The molecule has 3 N–H and O–H groups in total. The molecular formula is C21H29N3O3S. The maximum absolute atomic E-state index is 12.7. The SMILES string of the molecule is C[C@@H](NC(=O)[C@H](Cc1ccc(O)cc1)N(C)C)C(=O)NCCCc1ccsc1. The highest BCUT2D eigenvalue weighted by atomic mass is 32.1. The monoisotopic (exact) mass is 403 g/mol. The van der Waals surface area contributed by atoms with Crippen LogP contribution in [-0.4, -0.2) is 54.5 Å². The standard InChI is InChI=1S/C21H29N3O3S/c1-15(20(26)22-11-4-5-17-10-12-28-14-17)23-21(27)19(24(2)3)13-16-6-8-18(25)9-7-16/h6-10,12,14-15,19,25H,4-5,11,13H2,1-3H3,(H,22,26)(H,23,27)/t15-,19+/m1/s1. The summed E-state index contributed by atoms with van der Waals surface area (Å²) in [5.41, 5.74) is 2.22. The lowest BCUT2D eigenvalue weighted by Crippen LogP contribution is -2.52. The highest BCUT2D eigenvalue weighted by Crippen LogP contribution is 2.13. The van der Waals surface area contributed by atoms with Crippen LogP contribution in [0.3, 0.4) is 0 Å². The molecule has 0 aliphatic heterocycles. The van der Waals surface area contributed by atoms with Gasteiger partial charge in [0.25, 0.3) is 0 Å². The average Bonchev–Trinajstić information content (AvgIpc) is 3.17. The predicted octanol–water partition coefficient (Wildman–Crippen LogP) is 2.18. The summed E-state index contributed by atoms with van der Waals surface area (Å²) >= 11 is 1.67. The van der Waals surface area contributed by atoms with E-state index in [1.807, 2.05) is 24.4 Å². The van der Waals surface area contributed by atoms with Crippen molar-refractivity contribution >= 4 is 23.2 Å². The number of nitrogens with one attached hydrogen (secondary N) is 2. The van der Waals surface area contributed by atoms with Crippen molar-refractivity contribution in [3.63, 3.8) is 0 Å². The van der Waals surface area contributed by atoms with Crippen LogP contribution in [-0.2, 0) is 22.4 Å². The van der Waals surface area contributed by atoms with E-state index >= 15 is 0 Å². The molecule has 0 bridgehead atoms. The second kappa shape index (κ2) is 10.8. The third-order valence-electron chi connectivity index (χ3n) is 4.56. The molecule has 0 saturated carbocycles. The Bertz CT molecular complexity index is 745. The van der Waals surface area contributed by atoms with Gasteiger partial charge in [-0.05, 0) is 80.4 Å². The normalized spacial score (nSPS) is 13.1. The van der Waals surface area contributed by atoms with E-state index < -0.39 is 12.1 Å². The van der Waals surface area contributed by atoms with E-state index in [-0.39, 0.29) is 17.6 Å². The number of aromatic hydroxyl groups is 1. The third kappa shape index (κ3) is 6.98. The van der Waals surface area contributed by atoms with E-state index in [1.165, 1.54) is 5.56 Å². The Labute approximate surface area is 170 Å². The van der Waals surface area contributed by atoms with Gasteiger partial charge in [0.1, 0.15) is 11.8 Å². The Balaban J connectivity index is 1.80. The van der Waals surface area contributed by atoms with E-state index in [4.69, 9.17) is 0 Å². The molecule has 152 valence electrons. The molecule has 0 aliphatic carbocycles. The number of carbonyl (C=O) groups is 2. The highest BCUT2D eigenvalue weighted by molar-refractivity contribution is 7.07. The summed E-state index contributed by atoms with van der Waals surface area (Å²) in [6, 6.07) is 7.88. The minimum Gasteiger partial charge on any atom is -0.508 e. The number of thiophene rings is 1. The molecule has 0 aliphatic rings. The molecule has 1 aromatic carbocycles. The van der Waals surface area contributed by atoms with Crippen LogP contribution in [0.5, 0.6) is 5.75 Å². The number of phenols is 1. The fraction of sp³-hybridized carbons (Fsp3) is 0.429. The average molecular weight is 404 g/mol. The van der Waals surface area contributed by atoms with Crippen LogP contribution in [0.25, 0.3) is 0 Å². The van der Waals surface area contributed by atoms with Gasteiger partial charge in [0.15, 0.2) is 0 Å². The van der Waals surface area contributed by atoms with Crippen LogP contribution in [0.2, 0.25) is 0 Å². The predicted molar refractivity (Wildman–Crippen MR) is 113 cm³/mol. The summed E-state index contributed by atoms with van der Waals surface area (Å²) in [6.07, 6.45) is 2.29. The van der Waals surface area contributed by atoms with E-state index in [0.717, 1.165) is 18.4 Å². The lowest BCUT2D eigenvalue weighted by Gasteiger charge is -2.25. The van der Waals surface area contributed by atoms with Crippen molar-refractivity contribution in [1.82, 2.24) is 15.5 Å². The Hall–Kier alpha value is -2.38. The van der Waals surface area contributed by atoms with Crippen molar-refractivity contribution in [2.45, 2.75) is 38.3 Å². The Morgan fingerprint density at radius 1 is 1.11 bits per heavy atom. The molecule has 0 saturated heterocycles. The van der Waals surface area contributed by atoms with Gasteiger partial charge >= 0.3 is 0 Å². The first kappa shape index (κ1) is 21.9. The van der Waals surface area contributed by atoms with E-state index in [9.17, 15) is 14.7 Å². The maximum Gasteiger partial charge on any atom is 0.242 e. The lowest BCUT2D eigenvalue weighted by atomic mass is 10.0. The zero-order valence-corrected chi connectivity index (χ0v) is 17.5. The smallest absolute Gasteiger partial charge is 0.242 e. The molecule has 28 heavy (non-hydrogen) atoms. The Kier molecular flexibility index (Phi) is 8.47. The number of phenolic OH excluding ortho intramolecular Hbond substituents is 1. The number of likely N-dealkylation sites (N-methyl/N-ethyl adjacent to an activating group) is 1. The summed E-state index contributed by atoms with van der Waals surface area (Å²) in [6.45, 7) is 2.28. The fourth-order valence-corrected chi connectivity index (χ4v) is 3.54. The minimum atomic E-state index is -0.601. The van der Waals surface area contributed by atoms with Crippen molar-refractivity contribution in [2.24, 2.45) is 0 Å². The van der Waals surface area contributed by atoms with Crippen molar-refractivity contribution in [3.05, 3.63) is 52.2 Å². The number of hydrogen-bond donors (Lipinski definition) is 3. The van der Waals surface area contributed by atoms with E-state index in [1.54, 1.807) is 42.5 Å². The quantitative estimate of drug-likeness (QED) is 0.531. The second-order valence-electron chi connectivity index (χ2n) is 7.11. The van der Waals surface area contributed by atoms with E-state index in [2.05, 4.69) is 22.1 Å². The van der Waals surface area contributed by atoms with Gasteiger partial charge in [0.2, 0.25) is 11.8 Å². The zero-order valence-electron chi connectivity index (χ0n) is 16.6. The molecule has 2 atom stereocenters. The number of aryl methyl sites for hydroxylation is 1. The van der Waals surface area contributed by atoms with Gasteiger partial charge in [-0.3, -0.25) is 14.5 Å². The number of carbonyl (C=O) groups excluding carboxylic acids is 2. The van der Waals surface area contributed by atoms with Gasteiger partial charge in [-0.15, -0.1) is 0 Å². The Morgan fingerprint density at radius 2 is 1.82 bits per heavy atom. The zero-order chi connectivity index (χ0) is 20.5. The van der Waals surface area contributed by atoms with E-state index in [0.29, 0.717) is 13.0 Å². The third-order valence-corrected chi connectivity index (χ3v) is 5.30. The molecule has 7 heteroatoms. The summed E-state index contributed by atoms with van der Waals surface area (Å²) in [5, 5.41) is 19.2. The molecule has 0 spiro atoms. The molecule has 1 heterocycles. The van der Waals surface area contributed by atoms with Crippen molar-refractivity contribution in [1.29, 1.82) is 0 Å². The topological polar surface area (TPSA) is 81.7 Å². The molecule has 0 unspecified atom stereocenters. The number of amides is 2. The molecule has 2 aromatic rings. The Morgan fingerprint density at radius 3 is 2.43 bits per heavy atom. The van der Waals surface area contributed by atoms with Gasteiger partial charge in [-0.1, -0.05) is 12.1 Å².